The molecule has 7 heteroatoms. The monoisotopic (exact) mass is 323 g/mol. The lowest BCUT2D eigenvalue weighted by atomic mass is 10.2. The molecule has 110 valence electrons. The summed E-state index contributed by atoms with van der Waals surface area (Å²) >= 11 is 7.75. The summed E-state index contributed by atoms with van der Waals surface area (Å²) < 4.78 is 5.50. The Morgan fingerprint density at radius 3 is 2.81 bits per heavy atom. The van der Waals surface area contributed by atoms with Crippen molar-refractivity contribution in [2.24, 2.45) is 5.16 Å². The Morgan fingerprint density at radius 1 is 1.29 bits per heavy atom. The van der Waals surface area contributed by atoms with Crippen molar-refractivity contribution >= 4 is 29.3 Å². The zero-order valence-electron chi connectivity index (χ0n) is 11.4. The lowest BCUT2D eigenvalue weighted by Gasteiger charge is -2.15. The standard InChI is InChI=1S/C14H14ClN3O2S/c1-9(10-5-3-2-4-6-10)21-14-11(12(15)16-17-14)13-18-20-8-7-19-13/h2-6,9H,7-8H2,1H3,(H,16,17). The summed E-state index contributed by atoms with van der Waals surface area (Å²) in [7, 11) is 0. The van der Waals surface area contributed by atoms with Crippen LogP contribution in [-0.4, -0.2) is 29.3 Å². The highest BCUT2D eigenvalue weighted by molar-refractivity contribution is 7.99. The van der Waals surface area contributed by atoms with Crippen LogP contribution < -0.4 is 0 Å². The fourth-order valence-corrected chi connectivity index (χ4v) is 3.26. The molecule has 1 aromatic heterocycles. The second-order valence-electron chi connectivity index (χ2n) is 4.47. The van der Waals surface area contributed by atoms with Gasteiger partial charge in [0.25, 0.3) is 5.90 Å². The molecule has 1 aromatic carbocycles. The molecule has 0 saturated carbocycles. The molecule has 0 saturated heterocycles. The van der Waals surface area contributed by atoms with Crippen LogP contribution in [0.4, 0.5) is 0 Å². The van der Waals surface area contributed by atoms with E-state index in [4.69, 9.17) is 21.2 Å². The molecule has 0 fully saturated rings. The lowest BCUT2D eigenvalue weighted by molar-refractivity contribution is 0.0653. The van der Waals surface area contributed by atoms with Gasteiger partial charge in [0.1, 0.15) is 22.3 Å². The van der Waals surface area contributed by atoms with Gasteiger partial charge >= 0.3 is 0 Å². The maximum atomic E-state index is 6.16. The van der Waals surface area contributed by atoms with Crippen LogP contribution in [0.1, 0.15) is 23.3 Å². The summed E-state index contributed by atoms with van der Waals surface area (Å²) in [4.78, 5) is 5.06. The zero-order valence-corrected chi connectivity index (χ0v) is 12.9. The van der Waals surface area contributed by atoms with Gasteiger partial charge in [-0.15, -0.1) is 0 Å². The van der Waals surface area contributed by atoms with E-state index >= 15 is 0 Å². The zero-order chi connectivity index (χ0) is 14.7. The number of hydrogen-bond acceptors (Lipinski definition) is 5. The van der Waals surface area contributed by atoms with Crippen molar-refractivity contribution in [3.63, 3.8) is 0 Å². The first-order valence-electron chi connectivity index (χ1n) is 6.54. The topological polar surface area (TPSA) is 59.5 Å². The molecule has 21 heavy (non-hydrogen) atoms. The minimum Gasteiger partial charge on any atom is -0.471 e. The van der Waals surface area contributed by atoms with E-state index in [-0.39, 0.29) is 5.25 Å². The number of nitrogens with one attached hydrogen (secondary N) is 1. The van der Waals surface area contributed by atoms with Crippen molar-refractivity contribution in [1.29, 1.82) is 0 Å². The molecule has 1 aliphatic heterocycles. The molecule has 0 bridgehead atoms. The number of benzene rings is 1. The molecular formula is C14H14ClN3O2S. The summed E-state index contributed by atoms with van der Waals surface area (Å²) in [6, 6.07) is 10.2. The van der Waals surface area contributed by atoms with Gasteiger partial charge in [0.2, 0.25) is 0 Å². The minimum atomic E-state index is 0.231. The number of aromatic amines is 1. The van der Waals surface area contributed by atoms with E-state index in [1.807, 2.05) is 18.2 Å². The fourth-order valence-electron chi connectivity index (χ4n) is 1.96. The van der Waals surface area contributed by atoms with E-state index in [1.54, 1.807) is 11.8 Å². The van der Waals surface area contributed by atoms with Gasteiger partial charge in [-0.25, -0.2) is 0 Å². The maximum absolute atomic E-state index is 6.16. The van der Waals surface area contributed by atoms with Gasteiger partial charge in [0, 0.05) is 5.25 Å². The highest BCUT2D eigenvalue weighted by atomic mass is 35.5. The van der Waals surface area contributed by atoms with Gasteiger partial charge in [-0.3, -0.25) is 5.10 Å². The van der Waals surface area contributed by atoms with Gasteiger partial charge in [-0.1, -0.05) is 53.7 Å². The normalized spacial score (nSPS) is 15.8. The predicted molar refractivity (Wildman–Crippen MR) is 82.8 cm³/mol. The van der Waals surface area contributed by atoms with Crippen molar-refractivity contribution in [3.8, 4) is 0 Å². The molecule has 2 aromatic rings. The lowest BCUT2D eigenvalue weighted by Crippen LogP contribution is -2.17. The molecule has 0 radical (unpaired) electrons. The van der Waals surface area contributed by atoms with Crippen LogP contribution in [0.2, 0.25) is 5.15 Å². The van der Waals surface area contributed by atoms with Gasteiger partial charge in [-0.2, -0.15) is 5.10 Å². The summed E-state index contributed by atoms with van der Waals surface area (Å²) in [5.41, 5.74) is 1.87. The van der Waals surface area contributed by atoms with Gasteiger partial charge < -0.3 is 9.57 Å². The molecular weight excluding hydrogens is 310 g/mol. The smallest absolute Gasteiger partial charge is 0.263 e. The highest BCUT2D eigenvalue weighted by Crippen LogP contribution is 2.37. The van der Waals surface area contributed by atoms with Crippen molar-refractivity contribution in [2.75, 3.05) is 13.2 Å². The van der Waals surface area contributed by atoms with Crippen LogP contribution in [0, 0.1) is 0 Å². The van der Waals surface area contributed by atoms with E-state index in [0.29, 0.717) is 29.8 Å². The fraction of sp³-hybridized carbons (Fsp3) is 0.286. The number of aromatic nitrogens is 2. The van der Waals surface area contributed by atoms with Gasteiger partial charge in [0.15, 0.2) is 6.61 Å². The predicted octanol–water partition coefficient (Wildman–Crippen LogP) is 3.62. The van der Waals surface area contributed by atoms with Crippen LogP contribution in [0.15, 0.2) is 40.5 Å². The number of H-pyrrole nitrogens is 1. The number of ether oxygens (including phenoxy) is 1. The van der Waals surface area contributed by atoms with E-state index in [0.717, 1.165) is 5.03 Å². The average Bonchev–Trinajstić information content (AvgIpc) is 2.89. The molecule has 3 rings (SSSR count). The summed E-state index contributed by atoms with van der Waals surface area (Å²) in [6.45, 7) is 3.02. The second-order valence-corrected chi connectivity index (χ2v) is 6.17. The van der Waals surface area contributed by atoms with Gasteiger partial charge in [-0.05, 0) is 17.6 Å². The van der Waals surface area contributed by atoms with Crippen molar-refractivity contribution < 1.29 is 9.57 Å². The third kappa shape index (κ3) is 3.16. The van der Waals surface area contributed by atoms with E-state index < -0.39 is 0 Å². The number of halogens is 1. The van der Waals surface area contributed by atoms with Gasteiger partial charge in [0.05, 0.1) is 0 Å². The first-order chi connectivity index (χ1) is 10.3. The SMILES string of the molecule is CC(Sc1n[nH]c(Cl)c1C1=NOCCO1)c1ccccc1. The number of oxime groups is 1. The molecule has 1 aliphatic rings. The Labute approximate surface area is 131 Å². The van der Waals surface area contributed by atoms with Crippen LogP contribution in [0.5, 0.6) is 0 Å². The Hall–Kier alpha value is -1.66. The number of rotatable bonds is 4. The number of nitrogens with zero attached hydrogens (tertiary/aromatic N) is 2. The van der Waals surface area contributed by atoms with E-state index in [2.05, 4.69) is 34.4 Å². The first-order valence-corrected chi connectivity index (χ1v) is 7.80. The second kappa shape index (κ2) is 6.41. The van der Waals surface area contributed by atoms with E-state index in [1.165, 1.54) is 5.56 Å². The maximum Gasteiger partial charge on any atom is 0.263 e. The van der Waals surface area contributed by atoms with Crippen LogP contribution in [-0.2, 0) is 9.57 Å². The third-order valence-corrected chi connectivity index (χ3v) is 4.44. The third-order valence-electron chi connectivity index (χ3n) is 3.02. The Balaban J connectivity index is 1.85. The minimum absolute atomic E-state index is 0.231. The molecule has 1 unspecified atom stereocenters. The summed E-state index contributed by atoms with van der Waals surface area (Å²) in [5.74, 6) is 0.378. The van der Waals surface area contributed by atoms with Crippen LogP contribution >= 0.6 is 23.4 Å². The highest BCUT2D eigenvalue weighted by Gasteiger charge is 2.24. The van der Waals surface area contributed by atoms with Crippen LogP contribution in [0.3, 0.4) is 0 Å². The van der Waals surface area contributed by atoms with Crippen molar-refractivity contribution in [2.45, 2.75) is 17.2 Å². The number of thioether (sulfide) groups is 1. The average molecular weight is 324 g/mol. The molecule has 0 aliphatic carbocycles. The first kappa shape index (κ1) is 14.3. The molecule has 5 nitrogen and oxygen atoms in total. The van der Waals surface area contributed by atoms with Crippen molar-refractivity contribution in [3.05, 3.63) is 46.6 Å². The van der Waals surface area contributed by atoms with E-state index in [9.17, 15) is 0 Å². The Morgan fingerprint density at radius 2 is 2.10 bits per heavy atom. The quantitative estimate of drug-likeness (QED) is 0.873. The molecule has 0 spiro atoms. The molecule has 0 amide bonds. The molecule has 2 heterocycles. The number of hydrogen-bond donors (Lipinski definition) is 1. The Bertz CT molecular complexity index is 645. The molecule has 1 N–H and O–H groups in total. The summed E-state index contributed by atoms with van der Waals surface area (Å²) in [5, 5.41) is 12.3. The molecule has 1 atom stereocenters. The van der Waals surface area contributed by atoms with Crippen molar-refractivity contribution in [1.82, 2.24) is 10.2 Å². The summed E-state index contributed by atoms with van der Waals surface area (Å²) in [6.07, 6.45) is 0. The van der Waals surface area contributed by atoms with Crippen LogP contribution in [0.25, 0.3) is 0 Å². The Kier molecular flexibility index (Phi) is 4.36. The largest absolute Gasteiger partial charge is 0.471 e.